The molecule has 0 spiro atoms. The van der Waals surface area contributed by atoms with E-state index in [0.29, 0.717) is 30.4 Å². The maximum atomic E-state index is 13.0. The number of anilines is 1. The Morgan fingerprint density at radius 2 is 1.62 bits per heavy atom. The predicted molar refractivity (Wildman–Crippen MR) is 136 cm³/mol. The van der Waals surface area contributed by atoms with Gasteiger partial charge in [-0.2, -0.15) is 0 Å². The summed E-state index contributed by atoms with van der Waals surface area (Å²) in [5, 5.41) is 3.04. The van der Waals surface area contributed by atoms with E-state index >= 15 is 0 Å². The second-order valence-corrected chi connectivity index (χ2v) is 8.10. The fourth-order valence-electron chi connectivity index (χ4n) is 3.96. The van der Waals surface area contributed by atoms with Crippen molar-refractivity contribution < 1.29 is 14.3 Å². The molecule has 3 aromatic rings. The molecule has 1 fully saturated rings. The summed E-state index contributed by atoms with van der Waals surface area (Å²) in [7, 11) is 3.29. The number of para-hydroxylation sites is 2. The van der Waals surface area contributed by atoms with Crippen molar-refractivity contribution in [3.05, 3.63) is 83.9 Å². The van der Waals surface area contributed by atoms with Gasteiger partial charge in [0.1, 0.15) is 11.5 Å². The van der Waals surface area contributed by atoms with Crippen molar-refractivity contribution in [2.24, 2.45) is 4.99 Å². The van der Waals surface area contributed by atoms with Crippen LogP contribution in [0.2, 0.25) is 0 Å². The van der Waals surface area contributed by atoms with Gasteiger partial charge in [-0.1, -0.05) is 24.3 Å². The van der Waals surface area contributed by atoms with Gasteiger partial charge < -0.3 is 19.3 Å². The van der Waals surface area contributed by atoms with Crippen LogP contribution in [0, 0.1) is 6.92 Å². The normalized spacial score (nSPS) is 14.0. The minimum Gasteiger partial charge on any atom is -0.497 e. The fraction of sp³-hybridized carbons (Fsp3) is 0.259. The SMILES string of the molecule is COc1ccc(C(=O)NC(=Nc2cccc(C)c2)N2CCN(c3ccccc3OC)CC2)cc1. The van der Waals surface area contributed by atoms with Crippen molar-refractivity contribution in [2.75, 3.05) is 45.3 Å². The molecule has 1 heterocycles. The summed E-state index contributed by atoms with van der Waals surface area (Å²) in [6.07, 6.45) is 0. The van der Waals surface area contributed by atoms with Gasteiger partial charge in [0, 0.05) is 31.7 Å². The highest BCUT2D eigenvalue weighted by Crippen LogP contribution is 2.28. The van der Waals surface area contributed by atoms with Crippen LogP contribution in [0.4, 0.5) is 11.4 Å². The van der Waals surface area contributed by atoms with Gasteiger partial charge in [-0.15, -0.1) is 0 Å². The van der Waals surface area contributed by atoms with Crippen LogP contribution in [-0.2, 0) is 0 Å². The van der Waals surface area contributed by atoms with Crippen LogP contribution in [0.1, 0.15) is 15.9 Å². The van der Waals surface area contributed by atoms with E-state index in [1.54, 1.807) is 38.5 Å². The molecule has 0 aromatic heterocycles. The van der Waals surface area contributed by atoms with E-state index in [2.05, 4.69) is 21.2 Å². The summed E-state index contributed by atoms with van der Waals surface area (Å²) in [6, 6.07) is 23.0. The number of carbonyl (C=O) groups excluding carboxylic acids is 1. The van der Waals surface area contributed by atoms with Crippen molar-refractivity contribution in [1.29, 1.82) is 0 Å². The number of hydrogen-bond donors (Lipinski definition) is 1. The Balaban J connectivity index is 1.54. The lowest BCUT2D eigenvalue weighted by molar-refractivity contribution is 0.0971. The van der Waals surface area contributed by atoms with Crippen molar-refractivity contribution in [3.63, 3.8) is 0 Å². The highest BCUT2D eigenvalue weighted by atomic mass is 16.5. The first-order valence-electron chi connectivity index (χ1n) is 11.3. The molecule has 7 heteroatoms. The van der Waals surface area contributed by atoms with E-state index in [0.717, 1.165) is 35.8 Å². The summed E-state index contributed by atoms with van der Waals surface area (Å²) < 4.78 is 10.7. The Labute approximate surface area is 200 Å². The van der Waals surface area contributed by atoms with E-state index in [9.17, 15) is 4.79 Å². The minimum atomic E-state index is -0.207. The van der Waals surface area contributed by atoms with Crippen LogP contribution in [-0.4, -0.2) is 57.2 Å². The first kappa shape index (κ1) is 23.2. The molecule has 176 valence electrons. The topological polar surface area (TPSA) is 66.4 Å². The van der Waals surface area contributed by atoms with Gasteiger partial charge in [-0.3, -0.25) is 10.1 Å². The molecule has 3 aromatic carbocycles. The first-order chi connectivity index (χ1) is 16.6. The zero-order valence-corrected chi connectivity index (χ0v) is 19.8. The summed E-state index contributed by atoms with van der Waals surface area (Å²) >= 11 is 0. The maximum absolute atomic E-state index is 13.0. The highest BCUT2D eigenvalue weighted by molar-refractivity contribution is 6.06. The monoisotopic (exact) mass is 458 g/mol. The molecule has 1 amide bonds. The number of ether oxygens (including phenoxy) is 2. The fourth-order valence-corrected chi connectivity index (χ4v) is 3.96. The molecular weight excluding hydrogens is 428 g/mol. The van der Waals surface area contributed by atoms with Crippen LogP contribution < -0.4 is 19.7 Å². The zero-order chi connectivity index (χ0) is 23.9. The number of amides is 1. The van der Waals surface area contributed by atoms with Gasteiger partial charge in [-0.25, -0.2) is 4.99 Å². The standard InChI is InChI=1S/C27H30N4O3/c1-20-7-6-8-22(19-20)28-27(29-26(32)21-11-13-23(33-2)14-12-21)31-17-15-30(16-18-31)24-9-4-5-10-25(24)34-3/h4-14,19H,15-18H2,1-3H3,(H,28,29,32). The molecule has 1 saturated heterocycles. The van der Waals surface area contributed by atoms with Crippen LogP contribution in [0.25, 0.3) is 0 Å². The smallest absolute Gasteiger partial charge is 0.257 e. The van der Waals surface area contributed by atoms with Gasteiger partial charge in [0.05, 0.1) is 25.6 Å². The molecule has 0 atom stereocenters. The number of benzene rings is 3. The Morgan fingerprint density at radius 1 is 0.882 bits per heavy atom. The van der Waals surface area contributed by atoms with Crippen LogP contribution in [0.3, 0.4) is 0 Å². The molecule has 0 radical (unpaired) electrons. The third kappa shape index (κ3) is 5.49. The number of hydrogen-bond acceptors (Lipinski definition) is 5. The summed E-state index contributed by atoms with van der Waals surface area (Å²) in [4.78, 5) is 22.3. The summed E-state index contributed by atoms with van der Waals surface area (Å²) in [6.45, 7) is 5.02. The zero-order valence-electron chi connectivity index (χ0n) is 19.8. The Hall–Kier alpha value is -4.00. The molecule has 1 N–H and O–H groups in total. The molecule has 0 saturated carbocycles. The quantitative estimate of drug-likeness (QED) is 0.457. The number of rotatable bonds is 5. The lowest BCUT2D eigenvalue weighted by Crippen LogP contribution is -2.53. The van der Waals surface area contributed by atoms with E-state index in [4.69, 9.17) is 14.5 Å². The number of nitrogens with one attached hydrogen (secondary N) is 1. The number of carbonyl (C=O) groups is 1. The summed E-state index contributed by atoms with van der Waals surface area (Å²) in [5.74, 6) is 1.90. The molecular formula is C27H30N4O3. The molecule has 1 aliphatic rings. The summed E-state index contributed by atoms with van der Waals surface area (Å²) in [5.41, 5.74) is 3.54. The number of guanidine groups is 1. The molecule has 7 nitrogen and oxygen atoms in total. The lowest BCUT2D eigenvalue weighted by Gasteiger charge is -2.38. The van der Waals surface area contributed by atoms with Gasteiger partial charge in [0.2, 0.25) is 5.96 Å². The van der Waals surface area contributed by atoms with E-state index in [1.165, 1.54) is 0 Å². The molecule has 0 bridgehead atoms. The van der Waals surface area contributed by atoms with E-state index in [-0.39, 0.29) is 5.91 Å². The van der Waals surface area contributed by atoms with Crippen LogP contribution >= 0.6 is 0 Å². The van der Waals surface area contributed by atoms with Crippen molar-refractivity contribution in [1.82, 2.24) is 10.2 Å². The second kappa shape index (κ2) is 10.7. The van der Waals surface area contributed by atoms with Gasteiger partial charge in [-0.05, 0) is 61.0 Å². The molecule has 0 aliphatic carbocycles. The second-order valence-electron chi connectivity index (χ2n) is 8.10. The van der Waals surface area contributed by atoms with Crippen molar-refractivity contribution >= 4 is 23.2 Å². The van der Waals surface area contributed by atoms with Crippen molar-refractivity contribution in [3.8, 4) is 11.5 Å². The number of aliphatic imine (C=N–C) groups is 1. The Morgan fingerprint density at radius 3 is 2.29 bits per heavy atom. The number of nitrogens with zero attached hydrogens (tertiary/aromatic N) is 3. The van der Waals surface area contributed by atoms with Gasteiger partial charge in [0.15, 0.2) is 0 Å². The number of aryl methyl sites for hydroxylation is 1. The largest absolute Gasteiger partial charge is 0.497 e. The Kier molecular flexibility index (Phi) is 7.32. The molecule has 1 aliphatic heterocycles. The molecule has 0 unspecified atom stereocenters. The molecule has 34 heavy (non-hydrogen) atoms. The maximum Gasteiger partial charge on any atom is 0.257 e. The average Bonchev–Trinajstić information content (AvgIpc) is 2.88. The van der Waals surface area contributed by atoms with Gasteiger partial charge >= 0.3 is 0 Å². The van der Waals surface area contributed by atoms with Crippen molar-refractivity contribution in [2.45, 2.75) is 6.92 Å². The molecule has 4 rings (SSSR count). The Bertz CT molecular complexity index is 1150. The number of piperazine rings is 1. The number of methoxy groups -OCH3 is 2. The van der Waals surface area contributed by atoms with E-state index in [1.807, 2.05) is 49.4 Å². The average molecular weight is 459 g/mol. The van der Waals surface area contributed by atoms with Crippen LogP contribution in [0.5, 0.6) is 11.5 Å². The highest BCUT2D eigenvalue weighted by Gasteiger charge is 2.23. The lowest BCUT2D eigenvalue weighted by atomic mass is 10.2. The van der Waals surface area contributed by atoms with E-state index < -0.39 is 0 Å². The van der Waals surface area contributed by atoms with Crippen LogP contribution in [0.15, 0.2) is 77.8 Å². The van der Waals surface area contributed by atoms with Gasteiger partial charge in [0.25, 0.3) is 5.91 Å². The minimum absolute atomic E-state index is 0.207. The first-order valence-corrected chi connectivity index (χ1v) is 11.3. The predicted octanol–water partition coefficient (Wildman–Crippen LogP) is 4.25. The third-order valence-corrected chi connectivity index (χ3v) is 5.82. The third-order valence-electron chi connectivity index (χ3n) is 5.82.